The zero-order valence-electron chi connectivity index (χ0n) is 14.9. The summed E-state index contributed by atoms with van der Waals surface area (Å²) >= 11 is 0. The minimum Gasteiger partial charge on any atom is -0.457 e. The normalized spacial score (nSPS) is 16.7. The van der Waals surface area contributed by atoms with E-state index >= 15 is 0 Å². The molecule has 2 aromatic carbocycles. The van der Waals surface area contributed by atoms with Crippen LogP contribution in [0.15, 0.2) is 73.3 Å². The Morgan fingerprint density at radius 2 is 1.81 bits per heavy atom. The highest BCUT2D eigenvalue weighted by Crippen LogP contribution is 2.33. The molecule has 1 atom stereocenters. The Hall–Kier alpha value is -3.18. The highest BCUT2D eigenvalue weighted by Gasteiger charge is 2.21. The molecule has 5 heteroatoms. The highest BCUT2D eigenvalue weighted by atomic mass is 16.5. The topological polar surface area (TPSA) is 52.0 Å². The summed E-state index contributed by atoms with van der Waals surface area (Å²) in [5.41, 5.74) is 3.29. The van der Waals surface area contributed by atoms with Gasteiger partial charge in [0.05, 0.1) is 0 Å². The molecule has 5 rings (SSSR count). The molecule has 2 aromatic heterocycles. The average molecular weight is 356 g/mol. The lowest BCUT2D eigenvalue weighted by Gasteiger charge is -2.11. The first-order chi connectivity index (χ1) is 13.4. The second-order valence-corrected chi connectivity index (χ2v) is 6.80. The van der Waals surface area contributed by atoms with E-state index in [2.05, 4.69) is 38.2 Å². The van der Waals surface area contributed by atoms with Gasteiger partial charge in [0.15, 0.2) is 0 Å². The predicted molar refractivity (Wildman–Crippen MR) is 106 cm³/mol. The van der Waals surface area contributed by atoms with E-state index in [0.717, 1.165) is 53.2 Å². The van der Waals surface area contributed by atoms with Crippen LogP contribution in [0.2, 0.25) is 0 Å². The molecule has 5 nitrogen and oxygen atoms in total. The summed E-state index contributed by atoms with van der Waals surface area (Å²) in [7, 11) is 0. The van der Waals surface area contributed by atoms with Crippen molar-refractivity contribution in [2.45, 2.75) is 12.5 Å². The van der Waals surface area contributed by atoms with Gasteiger partial charge in [-0.3, -0.25) is 0 Å². The largest absolute Gasteiger partial charge is 0.457 e. The maximum Gasteiger partial charge on any atom is 0.144 e. The van der Waals surface area contributed by atoms with Gasteiger partial charge in [-0.25, -0.2) is 9.97 Å². The van der Waals surface area contributed by atoms with Crippen LogP contribution in [-0.4, -0.2) is 27.6 Å². The van der Waals surface area contributed by atoms with Crippen molar-refractivity contribution in [3.05, 3.63) is 73.3 Å². The molecule has 0 spiro atoms. The lowest BCUT2D eigenvalue weighted by atomic mass is 10.1. The molecular weight excluding hydrogens is 336 g/mol. The van der Waals surface area contributed by atoms with Gasteiger partial charge in [0.2, 0.25) is 0 Å². The van der Waals surface area contributed by atoms with Gasteiger partial charge in [-0.1, -0.05) is 30.3 Å². The zero-order valence-corrected chi connectivity index (χ0v) is 14.9. The van der Waals surface area contributed by atoms with Crippen molar-refractivity contribution in [3.63, 3.8) is 0 Å². The van der Waals surface area contributed by atoms with E-state index in [9.17, 15) is 0 Å². The van der Waals surface area contributed by atoms with Crippen molar-refractivity contribution in [2.24, 2.45) is 0 Å². The van der Waals surface area contributed by atoms with Crippen molar-refractivity contribution in [3.8, 4) is 22.6 Å². The molecule has 4 aromatic rings. The molecule has 1 unspecified atom stereocenters. The molecule has 0 bridgehead atoms. The summed E-state index contributed by atoms with van der Waals surface area (Å²) in [6.45, 7) is 2.04. The first-order valence-corrected chi connectivity index (χ1v) is 9.23. The van der Waals surface area contributed by atoms with Gasteiger partial charge < -0.3 is 14.6 Å². The lowest BCUT2D eigenvalue weighted by Crippen LogP contribution is -2.12. The Labute approximate surface area is 157 Å². The monoisotopic (exact) mass is 356 g/mol. The van der Waals surface area contributed by atoms with Crippen molar-refractivity contribution in [1.29, 1.82) is 0 Å². The van der Waals surface area contributed by atoms with Crippen LogP contribution >= 0.6 is 0 Å². The van der Waals surface area contributed by atoms with Crippen LogP contribution in [0.25, 0.3) is 22.2 Å². The van der Waals surface area contributed by atoms with E-state index < -0.39 is 0 Å². The van der Waals surface area contributed by atoms with E-state index in [1.54, 1.807) is 6.33 Å². The Balaban J connectivity index is 1.50. The molecule has 0 radical (unpaired) electrons. The molecule has 1 aliphatic rings. The molecule has 3 heterocycles. The highest BCUT2D eigenvalue weighted by molar-refractivity contribution is 5.93. The van der Waals surface area contributed by atoms with E-state index in [4.69, 9.17) is 4.74 Å². The molecule has 0 amide bonds. The van der Waals surface area contributed by atoms with Gasteiger partial charge in [0.1, 0.15) is 23.5 Å². The number of nitrogens with one attached hydrogen (secondary N) is 1. The number of aromatic nitrogens is 3. The van der Waals surface area contributed by atoms with Crippen LogP contribution in [0.1, 0.15) is 12.5 Å². The molecule has 1 N–H and O–H groups in total. The summed E-state index contributed by atoms with van der Waals surface area (Å²) in [6, 6.07) is 18.5. The Bertz CT molecular complexity index is 1050. The first kappa shape index (κ1) is 16.0. The average Bonchev–Trinajstić information content (AvgIpc) is 3.37. The number of ether oxygens (including phenoxy) is 1. The minimum atomic E-state index is 0.442. The summed E-state index contributed by atoms with van der Waals surface area (Å²) in [5.74, 6) is 1.66. The maximum absolute atomic E-state index is 5.91. The SMILES string of the molecule is c1ccc(Oc2ccc(-c3cn(C4CCNC4)c4ncncc34)cc2)cc1. The van der Waals surface area contributed by atoms with Crippen LogP contribution in [0, 0.1) is 0 Å². The summed E-state index contributed by atoms with van der Waals surface area (Å²) in [6.07, 6.45) is 6.87. The predicted octanol–water partition coefficient (Wildman–Crippen LogP) is 4.43. The van der Waals surface area contributed by atoms with Gasteiger partial charge in [-0.2, -0.15) is 0 Å². The fourth-order valence-corrected chi connectivity index (χ4v) is 3.70. The van der Waals surface area contributed by atoms with Gasteiger partial charge in [0.25, 0.3) is 0 Å². The molecule has 1 aliphatic heterocycles. The molecule has 1 fully saturated rings. The molecule has 0 aliphatic carbocycles. The summed E-state index contributed by atoms with van der Waals surface area (Å²) in [5, 5.41) is 4.52. The van der Waals surface area contributed by atoms with Crippen LogP contribution < -0.4 is 10.1 Å². The third kappa shape index (κ3) is 3.06. The number of fused-ring (bicyclic) bond motifs is 1. The van der Waals surface area contributed by atoms with Gasteiger partial charge in [-0.15, -0.1) is 0 Å². The second-order valence-electron chi connectivity index (χ2n) is 6.80. The number of rotatable bonds is 4. The molecule has 0 saturated carbocycles. The second kappa shape index (κ2) is 6.85. The number of hydrogen-bond acceptors (Lipinski definition) is 4. The smallest absolute Gasteiger partial charge is 0.144 e. The Morgan fingerprint density at radius 1 is 1.00 bits per heavy atom. The number of para-hydroxylation sites is 1. The van der Waals surface area contributed by atoms with E-state index in [0.29, 0.717) is 6.04 Å². The van der Waals surface area contributed by atoms with Crippen molar-refractivity contribution >= 4 is 11.0 Å². The number of benzene rings is 2. The summed E-state index contributed by atoms with van der Waals surface area (Å²) in [4.78, 5) is 8.79. The van der Waals surface area contributed by atoms with Crippen LogP contribution in [0.5, 0.6) is 11.5 Å². The van der Waals surface area contributed by atoms with E-state index in [1.165, 1.54) is 0 Å². The van der Waals surface area contributed by atoms with Crippen LogP contribution in [0.4, 0.5) is 0 Å². The summed E-state index contributed by atoms with van der Waals surface area (Å²) < 4.78 is 8.20. The molecule has 134 valence electrons. The van der Waals surface area contributed by atoms with Crippen LogP contribution in [0.3, 0.4) is 0 Å². The molecule has 27 heavy (non-hydrogen) atoms. The van der Waals surface area contributed by atoms with Crippen molar-refractivity contribution in [2.75, 3.05) is 13.1 Å². The Morgan fingerprint density at radius 3 is 2.59 bits per heavy atom. The quantitative estimate of drug-likeness (QED) is 0.588. The van der Waals surface area contributed by atoms with Crippen molar-refractivity contribution in [1.82, 2.24) is 19.9 Å². The fraction of sp³-hybridized carbons (Fsp3) is 0.182. The zero-order chi connectivity index (χ0) is 18.1. The third-order valence-electron chi connectivity index (χ3n) is 5.07. The van der Waals surface area contributed by atoms with Gasteiger partial charge in [0, 0.05) is 35.9 Å². The lowest BCUT2D eigenvalue weighted by molar-refractivity contribution is 0.483. The fourth-order valence-electron chi connectivity index (χ4n) is 3.70. The number of hydrogen-bond donors (Lipinski definition) is 1. The van der Waals surface area contributed by atoms with Gasteiger partial charge >= 0.3 is 0 Å². The maximum atomic E-state index is 5.91. The molecule has 1 saturated heterocycles. The van der Waals surface area contributed by atoms with Crippen molar-refractivity contribution < 1.29 is 4.74 Å². The standard InChI is InChI=1S/C22H20N4O/c1-2-4-18(5-3-1)27-19-8-6-16(7-9-19)21-14-26(17-10-11-23-12-17)22-20(21)13-24-15-25-22/h1-9,13-15,17,23H,10-12H2. The van der Waals surface area contributed by atoms with Crippen LogP contribution in [-0.2, 0) is 0 Å². The van der Waals surface area contributed by atoms with Gasteiger partial charge in [-0.05, 0) is 42.8 Å². The Kier molecular flexibility index (Phi) is 4.07. The minimum absolute atomic E-state index is 0.442. The van der Waals surface area contributed by atoms with E-state index in [-0.39, 0.29) is 0 Å². The first-order valence-electron chi connectivity index (χ1n) is 9.23. The molecular formula is C22H20N4O. The number of nitrogens with zero attached hydrogens (tertiary/aromatic N) is 3. The van der Waals surface area contributed by atoms with E-state index in [1.807, 2.05) is 48.7 Å². The third-order valence-corrected chi connectivity index (χ3v) is 5.07.